The first kappa shape index (κ1) is 13.9. The Balaban J connectivity index is 1.64. The average molecular weight is 279 g/mol. The van der Waals surface area contributed by atoms with Crippen LogP contribution in [0.2, 0.25) is 0 Å². The Hall–Kier alpha value is -1.10. The zero-order valence-electron chi connectivity index (χ0n) is 12.4. The summed E-state index contributed by atoms with van der Waals surface area (Å²) in [4.78, 5) is 28.7. The average Bonchev–Trinajstić information content (AvgIpc) is 2.49. The fourth-order valence-corrected chi connectivity index (χ4v) is 3.76. The van der Waals surface area contributed by atoms with Crippen molar-refractivity contribution in [1.82, 2.24) is 15.1 Å². The smallest absolute Gasteiger partial charge is 0.230 e. The molecule has 0 aliphatic carbocycles. The molecule has 0 saturated carbocycles. The van der Waals surface area contributed by atoms with Gasteiger partial charge in [0.25, 0.3) is 0 Å². The molecule has 3 aliphatic heterocycles. The minimum Gasteiger partial charge on any atom is -0.355 e. The Morgan fingerprint density at radius 1 is 1.30 bits per heavy atom. The largest absolute Gasteiger partial charge is 0.355 e. The van der Waals surface area contributed by atoms with Crippen LogP contribution in [0.25, 0.3) is 0 Å². The van der Waals surface area contributed by atoms with Gasteiger partial charge in [0.15, 0.2) is 0 Å². The van der Waals surface area contributed by atoms with Crippen molar-refractivity contribution in [2.24, 2.45) is 5.41 Å². The van der Waals surface area contributed by atoms with E-state index in [2.05, 4.69) is 10.2 Å². The summed E-state index contributed by atoms with van der Waals surface area (Å²) < 4.78 is 0. The van der Waals surface area contributed by atoms with Gasteiger partial charge in [0.05, 0.1) is 5.41 Å². The third kappa shape index (κ3) is 2.55. The molecule has 2 atom stereocenters. The normalized spacial score (nSPS) is 35.4. The van der Waals surface area contributed by atoms with Crippen LogP contribution in [0.5, 0.6) is 0 Å². The molecule has 2 amide bonds. The predicted octanol–water partition coefficient (Wildman–Crippen LogP) is 0.599. The minimum absolute atomic E-state index is 0.0763. The fourth-order valence-electron chi connectivity index (χ4n) is 3.76. The number of carbonyl (C=O) groups excluding carboxylic acids is 2. The van der Waals surface area contributed by atoms with Gasteiger partial charge >= 0.3 is 0 Å². The molecule has 112 valence electrons. The molecule has 5 nitrogen and oxygen atoms in total. The highest BCUT2D eigenvalue weighted by molar-refractivity contribution is 5.86. The molecular formula is C15H25N3O2. The van der Waals surface area contributed by atoms with Crippen LogP contribution in [0.1, 0.15) is 39.0 Å². The number of nitrogens with zero attached hydrogens (tertiary/aromatic N) is 2. The van der Waals surface area contributed by atoms with E-state index in [4.69, 9.17) is 0 Å². The molecule has 1 N–H and O–H groups in total. The second-order valence-corrected chi connectivity index (χ2v) is 6.77. The lowest BCUT2D eigenvalue weighted by Crippen LogP contribution is -2.60. The van der Waals surface area contributed by atoms with Crippen molar-refractivity contribution in [1.29, 1.82) is 0 Å². The first-order valence-electron chi connectivity index (χ1n) is 7.89. The second-order valence-electron chi connectivity index (χ2n) is 6.77. The van der Waals surface area contributed by atoms with Crippen molar-refractivity contribution in [3.05, 3.63) is 0 Å². The van der Waals surface area contributed by atoms with Crippen LogP contribution in [0.3, 0.4) is 0 Å². The van der Waals surface area contributed by atoms with Gasteiger partial charge in [0, 0.05) is 38.6 Å². The third-order valence-corrected chi connectivity index (χ3v) is 5.22. The topological polar surface area (TPSA) is 52.7 Å². The van der Waals surface area contributed by atoms with Gasteiger partial charge in [-0.25, -0.2) is 0 Å². The van der Waals surface area contributed by atoms with E-state index in [0.717, 1.165) is 19.6 Å². The molecule has 0 aromatic rings. The van der Waals surface area contributed by atoms with Gasteiger partial charge in [-0.1, -0.05) is 6.42 Å². The molecular weight excluding hydrogens is 254 g/mol. The van der Waals surface area contributed by atoms with E-state index in [9.17, 15) is 9.59 Å². The van der Waals surface area contributed by atoms with Crippen LogP contribution in [0.15, 0.2) is 0 Å². The summed E-state index contributed by atoms with van der Waals surface area (Å²) in [5.41, 5.74) is -0.398. The SMILES string of the molecule is C[C@]1(C(=O)N2CCN3CCCC[C@H]3C2)CCC(=O)NC1. The second kappa shape index (κ2) is 5.35. The number of nitrogens with one attached hydrogen (secondary N) is 1. The molecule has 3 saturated heterocycles. The number of piperidine rings is 2. The number of rotatable bonds is 1. The van der Waals surface area contributed by atoms with Gasteiger partial charge < -0.3 is 10.2 Å². The van der Waals surface area contributed by atoms with E-state index in [-0.39, 0.29) is 11.8 Å². The van der Waals surface area contributed by atoms with Gasteiger partial charge in [0.2, 0.25) is 11.8 Å². The van der Waals surface area contributed by atoms with E-state index in [1.807, 2.05) is 11.8 Å². The number of fused-ring (bicyclic) bond motifs is 1. The van der Waals surface area contributed by atoms with Gasteiger partial charge in [-0.05, 0) is 32.7 Å². The molecule has 0 bridgehead atoms. The van der Waals surface area contributed by atoms with Crippen LogP contribution in [0, 0.1) is 5.41 Å². The van der Waals surface area contributed by atoms with Crippen molar-refractivity contribution in [3.63, 3.8) is 0 Å². The van der Waals surface area contributed by atoms with Crippen LogP contribution in [-0.2, 0) is 9.59 Å². The lowest BCUT2D eigenvalue weighted by Gasteiger charge is -2.46. The molecule has 3 heterocycles. The van der Waals surface area contributed by atoms with Crippen molar-refractivity contribution < 1.29 is 9.59 Å². The van der Waals surface area contributed by atoms with E-state index >= 15 is 0 Å². The maximum absolute atomic E-state index is 12.8. The van der Waals surface area contributed by atoms with Crippen LogP contribution in [0.4, 0.5) is 0 Å². The lowest BCUT2D eigenvalue weighted by molar-refractivity contribution is -0.147. The number of hydrogen-bond donors (Lipinski definition) is 1. The molecule has 0 aromatic carbocycles. The standard InChI is InChI=1S/C15H25N3O2/c1-15(6-5-13(19)16-11-15)14(20)18-9-8-17-7-3-2-4-12(17)10-18/h12H,2-11H2,1H3,(H,16,19)/t12-,15-/m0/s1. The Morgan fingerprint density at radius 3 is 2.90 bits per heavy atom. The summed E-state index contributed by atoms with van der Waals surface area (Å²) in [5.74, 6) is 0.315. The Bertz CT molecular complexity index is 400. The summed E-state index contributed by atoms with van der Waals surface area (Å²) >= 11 is 0. The summed E-state index contributed by atoms with van der Waals surface area (Å²) in [5, 5.41) is 2.85. The van der Waals surface area contributed by atoms with E-state index in [1.54, 1.807) is 0 Å². The van der Waals surface area contributed by atoms with Gasteiger partial charge in [-0.3, -0.25) is 14.5 Å². The first-order valence-corrected chi connectivity index (χ1v) is 7.89. The lowest BCUT2D eigenvalue weighted by atomic mass is 9.80. The maximum Gasteiger partial charge on any atom is 0.230 e. The van der Waals surface area contributed by atoms with Crippen LogP contribution in [-0.4, -0.2) is 60.4 Å². The summed E-state index contributed by atoms with van der Waals surface area (Å²) in [6, 6.07) is 0.559. The van der Waals surface area contributed by atoms with E-state index in [0.29, 0.717) is 25.4 Å². The molecule has 3 aliphatic rings. The first-order chi connectivity index (χ1) is 9.58. The van der Waals surface area contributed by atoms with Gasteiger partial charge in [-0.2, -0.15) is 0 Å². The molecule has 3 fully saturated rings. The Kier molecular flexibility index (Phi) is 3.71. The zero-order valence-corrected chi connectivity index (χ0v) is 12.4. The quantitative estimate of drug-likeness (QED) is 0.765. The zero-order chi connectivity index (χ0) is 14.2. The molecule has 0 unspecified atom stereocenters. The van der Waals surface area contributed by atoms with Crippen molar-refractivity contribution in [2.75, 3.05) is 32.7 Å². The summed E-state index contributed by atoms with van der Waals surface area (Å²) in [7, 11) is 0. The molecule has 20 heavy (non-hydrogen) atoms. The number of piperazine rings is 1. The molecule has 0 radical (unpaired) electrons. The Morgan fingerprint density at radius 2 is 2.15 bits per heavy atom. The maximum atomic E-state index is 12.8. The highest BCUT2D eigenvalue weighted by atomic mass is 16.2. The Labute approximate surface area is 120 Å². The number of amides is 2. The highest BCUT2D eigenvalue weighted by Gasteiger charge is 2.42. The molecule has 0 spiro atoms. The van der Waals surface area contributed by atoms with Gasteiger partial charge in [0.1, 0.15) is 0 Å². The van der Waals surface area contributed by atoms with Crippen LogP contribution >= 0.6 is 0 Å². The highest BCUT2D eigenvalue weighted by Crippen LogP contribution is 2.30. The predicted molar refractivity (Wildman–Crippen MR) is 76.1 cm³/mol. The van der Waals surface area contributed by atoms with Crippen molar-refractivity contribution in [3.8, 4) is 0 Å². The monoisotopic (exact) mass is 279 g/mol. The van der Waals surface area contributed by atoms with E-state index < -0.39 is 5.41 Å². The minimum atomic E-state index is -0.398. The number of hydrogen-bond acceptors (Lipinski definition) is 3. The summed E-state index contributed by atoms with van der Waals surface area (Å²) in [6.07, 6.45) is 4.97. The van der Waals surface area contributed by atoms with Gasteiger partial charge in [-0.15, -0.1) is 0 Å². The summed E-state index contributed by atoms with van der Waals surface area (Å²) in [6.45, 7) is 6.43. The fraction of sp³-hybridized carbons (Fsp3) is 0.867. The third-order valence-electron chi connectivity index (χ3n) is 5.22. The van der Waals surface area contributed by atoms with Crippen molar-refractivity contribution >= 4 is 11.8 Å². The van der Waals surface area contributed by atoms with E-state index in [1.165, 1.54) is 25.8 Å². The van der Waals surface area contributed by atoms with Crippen LogP contribution < -0.4 is 5.32 Å². The molecule has 3 rings (SSSR count). The number of carbonyl (C=O) groups is 2. The molecule has 5 heteroatoms. The molecule has 0 aromatic heterocycles. The van der Waals surface area contributed by atoms with Crippen molar-refractivity contribution in [2.45, 2.75) is 45.1 Å².